The highest BCUT2D eigenvalue weighted by Gasteiger charge is 2.49. The molecule has 1 spiro atoms. The number of likely N-dealkylation sites (tertiary alicyclic amines) is 1. The molecule has 33 heavy (non-hydrogen) atoms. The first kappa shape index (κ1) is 23.0. The molecule has 0 aliphatic carbocycles. The monoisotopic (exact) mass is 469 g/mol. The molecule has 2 aromatic carbocycles. The third-order valence-electron chi connectivity index (χ3n) is 6.51. The van der Waals surface area contributed by atoms with Crippen molar-refractivity contribution in [3.8, 4) is 11.1 Å². The number of nitrogens with zero attached hydrogens (tertiary/aromatic N) is 3. The molecule has 1 N–H and O–H groups in total. The number of amides is 3. The van der Waals surface area contributed by atoms with Gasteiger partial charge in [0.25, 0.3) is 0 Å². The first-order valence-corrected chi connectivity index (χ1v) is 12.4. The van der Waals surface area contributed by atoms with Gasteiger partial charge in [-0.2, -0.15) is 0 Å². The van der Waals surface area contributed by atoms with Gasteiger partial charge in [0.05, 0.1) is 21.4 Å². The number of sulfone groups is 1. The van der Waals surface area contributed by atoms with Gasteiger partial charge in [-0.05, 0) is 45.7 Å². The molecule has 1 fully saturated rings. The van der Waals surface area contributed by atoms with Gasteiger partial charge in [-0.25, -0.2) is 23.0 Å². The minimum absolute atomic E-state index is 0.211. The van der Waals surface area contributed by atoms with Crippen LogP contribution in [0.4, 0.5) is 15.3 Å². The average Bonchev–Trinajstić information content (AvgIpc) is 3.08. The Morgan fingerprint density at radius 2 is 1.76 bits per heavy atom. The van der Waals surface area contributed by atoms with Crippen LogP contribution in [0.2, 0.25) is 0 Å². The Hall–Kier alpha value is -3.20. The molecule has 0 bridgehead atoms. The van der Waals surface area contributed by atoms with E-state index in [9.17, 15) is 23.1 Å². The van der Waals surface area contributed by atoms with Gasteiger partial charge < -0.3 is 10.0 Å². The molecule has 2 unspecified atom stereocenters. The van der Waals surface area contributed by atoms with Gasteiger partial charge in [-0.15, -0.1) is 0 Å². The van der Waals surface area contributed by atoms with Crippen LogP contribution < -0.4 is 4.90 Å². The van der Waals surface area contributed by atoms with Crippen molar-refractivity contribution in [3.63, 3.8) is 0 Å². The summed E-state index contributed by atoms with van der Waals surface area (Å²) >= 11 is 0. The maximum absolute atomic E-state index is 13.1. The molecule has 2 aliphatic rings. The first-order chi connectivity index (χ1) is 15.6. The van der Waals surface area contributed by atoms with Crippen molar-refractivity contribution in [2.75, 3.05) is 11.4 Å². The average molecular weight is 470 g/mol. The van der Waals surface area contributed by atoms with E-state index in [-0.39, 0.29) is 17.5 Å². The lowest BCUT2D eigenvalue weighted by atomic mass is 9.83. The van der Waals surface area contributed by atoms with Crippen molar-refractivity contribution in [2.24, 2.45) is 4.99 Å². The summed E-state index contributed by atoms with van der Waals surface area (Å²) in [5, 5.41) is 8.87. The zero-order valence-electron chi connectivity index (χ0n) is 18.8. The largest absolute Gasteiger partial charge is 0.465 e. The van der Waals surface area contributed by atoms with Crippen LogP contribution in [0.3, 0.4) is 0 Å². The van der Waals surface area contributed by atoms with E-state index in [0.29, 0.717) is 29.7 Å². The fourth-order valence-electron chi connectivity index (χ4n) is 4.77. The van der Waals surface area contributed by atoms with Crippen molar-refractivity contribution in [1.29, 1.82) is 0 Å². The highest BCUT2D eigenvalue weighted by atomic mass is 32.2. The second-order valence-electron chi connectivity index (χ2n) is 8.87. The summed E-state index contributed by atoms with van der Waals surface area (Å²) < 4.78 is 26.2. The van der Waals surface area contributed by atoms with Crippen molar-refractivity contribution >= 4 is 33.9 Å². The summed E-state index contributed by atoms with van der Waals surface area (Å²) in [7, 11) is -3.58. The van der Waals surface area contributed by atoms with Gasteiger partial charge >= 0.3 is 12.1 Å². The van der Waals surface area contributed by atoms with Crippen molar-refractivity contribution in [2.45, 2.75) is 55.3 Å². The van der Waals surface area contributed by atoms with Gasteiger partial charge in [0.2, 0.25) is 0 Å². The quantitative estimate of drug-likeness (QED) is 0.712. The molecule has 3 amide bonds. The second kappa shape index (κ2) is 8.30. The van der Waals surface area contributed by atoms with Crippen LogP contribution in [0, 0.1) is 0 Å². The van der Waals surface area contributed by atoms with E-state index < -0.39 is 32.8 Å². The zero-order chi connectivity index (χ0) is 24.0. The molecule has 2 heterocycles. The van der Waals surface area contributed by atoms with Gasteiger partial charge in [0.15, 0.2) is 9.84 Å². The molecule has 1 saturated heterocycles. The van der Waals surface area contributed by atoms with Crippen molar-refractivity contribution in [3.05, 3.63) is 48.5 Å². The standard InChI is InChI=1S/C24H27N3O5S/c1-16(2)33(31,32)21-11-7-5-9-19(21)18-8-4-6-10-20(18)27-22(28)25-15-24(27)12-13-26(23(29)30)17(3)14-24/h4-11,15-17H,12-14H2,1-3H3,(H,29,30). The van der Waals surface area contributed by atoms with Gasteiger partial charge in [0, 0.05) is 29.9 Å². The Kier molecular flexibility index (Phi) is 5.78. The molecule has 174 valence electrons. The minimum Gasteiger partial charge on any atom is -0.465 e. The van der Waals surface area contributed by atoms with E-state index in [1.54, 1.807) is 73.5 Å². The number of aliphatic imine (C=N–C) groups is 1. The third-order valence-corrected chi connectivity index (χ3v) is 8.72. The van der Waals surface area contributed by atoms with Gasteiger partial charge in [-0.3, -0.25) is 4.90 Å². The van der Waals surface area contributed by atoms with Crippen LogP contribution in [-0.2, 0) is 9.84 Å². The van der Waals surface area contributed by atoms with E-state index in [0.717, 1.165) is 0 Å². The molecule has 0 saturated carbocycles. The topological polar surface area (TPSA) is 107 Å². The SMILES string of the molecule is CC1CC2(C=NC(=O)N2c2ccccc2-c2ccccc2S(=O)(=O)C(C)C)CCN1C(=O)O. The Balaban J connectivity index is 1.84. The number of para-hydroxylation sites is 1. The highest BCUT2D eigenvalue weighted by molar-refractivity contribution is 7.92. The molecule has 4 rings (SSSR count). The highest BCUT2D eigenvalue weighted by Crippen LogP contribution is 2.43. The minimum atomic E-state index is -3.58. The number of carbonyl (C=O) groups is 2. The summed E-state index contributed by atoms with van der Waals surface area (Å²) in [5.74, 6) is 0. The van der Waals surface area contributed by atoms with Crippen LogP contribution in [-0.4, -0.2) is 60.1 Å². The fourth-order valence-corrected chi connectivity index (χ4v) is 6.04. The smallest absolute Gasteiger partial charge is 0.407 e. The normalized spacial score (nSPS) is 23.0. The third kappa shape index (κ3) is 3.80. The Labute approximate surface area is 193 Å². The molecule has 0 radical (unpaired) electrons. The molecule has 9 heteroatoms. The fraction of sp³-hybridized carbons (Fsp3) is 0.375. The summed E-state index contributed by atoms with van der Waals surface area (Å²) in [6, 6.07) is 13.3. The number of urea groups is 1. The molecule has 0 aromatic heterocycles. The van der Waals surface area contributed by atoms with Crippen LogP contribution in [0.25, 0.3) is 11.1 Å². The summed E-state index contributed by atoms with van der Waals surface area (Å²) in [5.41, 5.74) is 0.920. The lowest BCUT2D eigenvalue weighted by Crippen LogP contribution is -2.59. The van der Waals surface area contributed by atoms with Crippen molar-refractivity contribution in [1.82, 2.24) is 4.90 Å². The van der Waals surface area contributed by atoms with Crippen LogP contribution >= 0.6 is 0 Å². The van der Waals surface area contributed by atoms with E-state index in [1.165, 1.54) is 4.90 Å². The predicted octanol–water partition coefficient (Wildman–Crippen LogP) is 4.45. The summed E-state index contributed by atoms with van der Waals surface area (Å²) in [6.07, 6.45) is 1.44. The van der Waals surface area contributed by atoms with E-state index >= 15 is 0 Å². The number of anilines is 1. The summed E-state index contributed by atoms with van der Waals surface area (Å²) in [6.45, 7) is 5.37. The van der Waals surface area contributed by atoms with Crippen LogP contribution in [0.1, 0.15) is 33.6 Å². The zero-order valence-corrected chi connectivity index (χ0v) is 19.6. The van der Waals surface area contributed by atoms with E-state index in [1.807, 2.05) is 6.92 Å². The van der Waals surface area contributed by atoms with Gasteiger partial charge in [0.1, 0.15) is 0 Å². The first-order valence-electron chi connectivity index (χ1n) is 10.9. The Morgan fingerprint density at radius 1 is 1.12 bits per heavy atom. The lowest BCUT2D eigenvalue weighted by Gasteiger charge is -2.45. The number of carbonyl (C=O) groups excluding carboxylic acids is 1. The number of benzene rings is 2. The van der Waals surface area contributed by atoms with Crippen LogP contribution in [0.5, 0.6) is 0 Å². The second-order valence-corrected chi connectivity index (χ2v) is 11.3. The number of piperidine rings is 1. The maximum Gasteiger partial charge on any atom is 0.407 e. The number of carboxylic acid groups (broad SMARTS) is 1. The number of rotatable bonds is 4. The summed E-state index contributed by atoms with van der Waals surface area (Å²) in [4.78, 5) is 31.9. The van der Waals surface area contributed by atoms with E-state index in [2.05, 4.69) is 4.99 Å². The number of hydrogen-bond acceptors (Lipinski definition) is 4. The molecular formula is C24H27N3O5S. The van der Waals surface area contributed by atoms with Gasteiger partial charge in [-0.1, -0.05) is 36.4 Å². The molecule has 8 nitrogen and oxygen atoms in total. The molecular weight excluding hydrogens is 442 g/mol. The Bertz CT molecular complexity index is 1240. The van der Waals surface area contributed by atoms with E-state index in [4.69, 9.17) is 0 Å². The predicted molar refractivity (Wildman–Crippen MR) is 127 cm³/mol. The molecule has 2 aromatic rings. The maximum atomic E-state index is 13.1. The van der Waals surface area contributed by atoms with Crippen LogP contribution in [0.15, 0.2) is 58.4 Å². The Morgan fingerprint density at radius 3 is 2.39 bits per heavy atom. The molecule has 2 aliphatic heterocycles. The lowest BCUT2D eigenvalue weighted by molar-refractivity contribution is 0.101. The number of hydrogen-bond donors (Lipinski definition) is 1. The van der Waals surface area contributed by atoms with Crippen molar-refractivity contribution < 1.29 is 23.1 Å². The molecule has 2 atom stereocenters.